The summed E-state index contributed by atoms with van der Waals surface area (Å²) in [5, 5.41) is 10.7. The third-order valence-electron chi connectivity index (χ3n) is 3.99. The van der Waals surface area contributed by atoms with Gasteiger partial charge in [-0.05, 0) is 59.6 Å². The molecular weight excluding hydrogens is 390 g/mol. The van der Waals surface area contributed by atoms with Crippen LogP contribution in [0.15, 0.2) is 69.7 Å². The highest BCUT2D eigenvalue weighted by Gasteiger charge is 2.24. The molecule has 0 bridgehead atoms. The maximum atomic E-state index is 11.7. The van der Waals surface area contributed by atoms with Gasteiger partial charge in [-0.1, -0.05) is 24.3 Å². The van der Waals surface area contributed by atoms with E-state index in [9.17, 15) is 9.59 Å². The first kappa shape index (κ1) is 20.3. The summed E-state index contributed by atoms with van der Waals surface area (Å²) in [7, 11) is 1.25. The van der Waals surface area contributed by atoms with E-state index in [2.05, 4.69) is 33.2 Å². The number of rotatable bonds is 6. The number of esters is 1. The van der Waals surface area contributed by atoms with Crippen LogP contribution in [0, 0.1) is 6.92 Å². The second-order valence-electron chi connectivity index (χ2n) is 6.02. The second-order valence-corrected chi connectivity index (χ2v) is 7.05. The van der Waals surface area contributed by atoms with Crippen molar-refractivity contribution in [1.82, 2.24) is 5.32 Å². The Hall–Kier alpha value is -3.39. The van der Waals surface area contributed by atoms with Gasteiger partial charge in [-0.25, -0.2) is 4.79 Å². The van der Waals surface area contributed by atoms with Crippen LogP contribution in [0.25, 0.3) is 0 Å². The Morgan fingerprint density at radius 1 is 1.17 bits per heavy atom. The van der Waals surface area contributed by atoms with Crippen LogP contribution >= 0.6 is 11.8 Å². The number of ether oxygens (including phenoxy) is 2. The number of hydrogen-bond donors (Lipinski definition) is 1. The predicted molar refractivity (Wildman–Crippen MR) is 113 cm³/mol. The summed E-state index contributed by atoms with van der Waals surface area (Å²) >= 11 is 1.02. The summed E-state index contributed by atoms with van der Waals surface area (Å²) < 4.78 is 10.3. The molecule has 1 amide bonds. The number of benzene rings is 2. The molecule has 148 valence electrons. The second kappa shape index (κ2) is 9.70. The van der Waals surface area contributed by atoms with Gasteiger partial charge in [0, 0.05) is 6.08 Å². The number of carbonyl (C=O) groups is 2. The summed E-state index contributed by atoms with van der Waals surface area (Å²) in [6, 6.07) is 15.5. The van der Waals surface area contributed by atoms with E-state index in [0.29, 0.717) is 11.8 Å². The Labute approximate surface area is 172 Å². The zero-order valence-corrected chi connectivity index (χ0v) is 16.7. The first-order valence-electron chi connectivity index (χ1n) is 8.72. The number of hydrogen-bond acceptors (Lipinski definition) is 7. The number of amides is 1. The molecule has 0 atom stereocenters. The molecule has 0 aromatic heterocycles. The molecule has 0 radical (unpaired) electrons. The number of nitrogens with one attached hydrogen (secondary N) is 1. The normalized spacial score (nSPS) is 16.4. The van der Waals surface area contributed by atoms with Crippen LogP contribution in [0.3, 0.4) is 0 Å². The minimum atomic E-state index is -0.600. The zero-order valence-electron chi connectivity index (χ0n) is 15.9. The lowest BCUT2D eigenvalue weighted by molar-refractivity contribution is -0.135. The molecule has 1 aliphatic heterocycles. The van der Waals surface area contributed by atoms with E-state index in [1.165, 1.54) is 12.7 Å². The fourth-order valence-electron chi connectivity index (χ4n) is 2.37. The number of methoxy groups -OCH3 is 1. The molecule has 1 aliphatic rings. The fourth-order valence-corrected chi connectivity index (χ4v) is 3.11. The Kier molecular flexibility index (Phi) is 6.80. The first-order valence-corrected chi connectivity index (χ1v) is 9.54. The highest BCUT2D eigenvalue weighted by molar-refractivity contribution is 8.18. The quantitative estimate of drug-likeness (QED) is 0.343. The van der Waals surface area contributed by atoms with Crippen LogP contribution in [-0.4, -0.2) is 30.4 Å². The summed E-state index contributed by atoms with van der Waals surface area (Å²) in [5.41, 5.74) is 3.17. The molecule has 8 heteroatoms. The minimum Gasteiger partial charge on any atom is -0.489 e. The largest absolute Gasteiger partial charge is 0.489 e. The summed E-state index contributed by atoms with van der Waals surface area (Å²) in [6.07, 6.45) is 2.68. The van der Waals surface area contributed by atoms with Crippen molar-refractivity contribution in [3.05, 3.63) is 76.2 Å². The highest BCUT2D eigenvalue weighted by Crippen LogP contribution is 2.23. The predicted octanol–water partition coefficient (Wildman–Crippen LogP) is 3.18. The monoisotopic (exact) mass is 409 g/mol. The van der Waals surface area contributed by atoms with Crippen molar-refractivity contribution in [3.63, 3.8) is 0 Å². The molecular formula is C21H19N3O4S. The number of aryl methyl sites for hydroxylation is 1. The lowest BCUT2D eigenvalue weighted by Crippen LogP contribution is -2.19. The van der Waals surface area contributed by atoms with E-state index in [4.69, 9.17) is 4.74 Å². The van der Waals surface area contributed by atoms with Crippen molar-refractivity contribution in [1.29, 1.82) is 0 Å². The van der Waals surface area contributed by atoms with Gasteiger partial charge < -0.3 is 9.47 Å². The Bertz CT molecular complexity index is 997. The Balaban J connectivity index is 1.56. The lowest BCUT2D eigenvalue weighted by Gasteiger charge is -2.08. The van der Waals surface area contributed by atoms with Crippen molar-refractivity contribution >= 4 is 35.0 Å². The fraction of sp³-hybridized carbons (Fsp3) is 0.143. The number of thioether (sulfide) groups is 1. The molecule has 0 unspecified atom stereocenters. The first-order chi connectivity index (χ1) is 14.0. The van der Waals surface area contributed by atoms with E-state index < -0.39 is 11.9 Å². The van der Waals surface area contributed by atoms with Gasteiger partial charge in [0.05, 0.1) is 18.2 Å². The van der Waals surface area contributed by atoms with Gasteiger partial charge in [-0.15, -0.1) is 5.10 Å². The third kappa shape index (κ3) is 5.79. The topological polar surface area (TPSA) is 89.3 Å². The zero-order chi connectivity index (χ0) is 20.6. The van der Waals surface area contributed by atoms with Crippen molar-refractivity contribution in [2.75, 3.05) is 7.11 Å². The molecule has 1 heterocycles. The average molecular weight is 409 g/mol. The maximum Gasteiger partial charge on any atom is 0.331 e. The average Bonchev–Trinajstić information content (AvgIpc) is 3.07. The Morgan fingerprint density at radius 2 is 1.93 bits per heavy atom. The summed E-state index contributed by atoms with van der Waals surface area (Å²) in [4.78, 5) is 23.2. The van der Waals surface area contributed by atoms with E-state index in [1.807, 2.05) is 42.5 Å². The third-order valence-corrected chi connectivity index (χ3v) is 4.89. The molecule has 29 heavy (non-hydrogen) atoms. The van der Waals surface area contributed by atoms with Gasteiger partial charge in [-0.3, -0.25) is 10.1 Å². The highest BCUT2D eigenvalue weighted by atomic mass is 32.2. The number of carbonyl (C=O) groups excluding carboxylic acids is 2. The molecule has 1 fully saturated rings. The van der Waals surface area contributed by atoms with E-state index >= 15 is 0 Å². The molecule has 0 spiro atoms. The van der Waals surface area contributed by atoms with E-state index in [-0.39, 0.29) is 4.91 Å². The van der Waals surface area contributed by atoms with Crippen LogP contribution in [0.4, 0.5) is 0 Å². The van der Waals surface area contributed by atoms with E-state index in [0.717, 1.165) is 34.7 Å². The molecule has 0 saturated carbocycles. The van der Waals surface area contributed by atoms with Crippen molar-refractivity contribution in [2.45, 2.75) is 13.5 Å². The van der Waals surface area contributed by atoms with Crippen molar-refractivity contribution < 1.29 is 19.1 Å². The van der Waals surface area contributed by atoms with E-state index in [1.54, 1.807) is 6.21 Å². The summed E-state index contributed by atoms with van der Waals surface area (Å²) in [5.74, 6) is -0.255. The Morgan fingerprint density at radius 3 is 2.66 bits per heavy atom. The van der Waals surface area contributed by atoms with Crippen LogP contribution < -0.4 is 10.1 Å². The van der Waals surface area contributed by atoms with Gasteiger partial charge in [0.1, 0.15) is 12.4 Å². The SMILES string of the molecule is COC(=O)/C=C1/S/C(=N\N=Cc2ccc(OCc3ccccc3C)cc2)NC1=O. The number of amidine groups is 1. The van der Waals surface area contributed by atoms with Gasteiger partial charge >= 0.3 is 5.97 Å². The molecule has 1 saturated heterocycles. The molecule has 2 aromatic carbocycles. The molecule has 7 nitrogen and oxygen atoms in total. The van der Waals surface area contributed by atoms with Crippen LogP contribution in [0.2, 0.25) is 0 Å². The van der Waals surface area contributed by atoms with Gasteiger partial charge in [0.15, 0.2) is 5.17 Å². The maximum absolute atomic E-state index is 11.7. The lowest BCUT2D eigenvalue weighted by atomic mass is 10.1. The standard InChI is InChI=1S/C21H19N3O4S/c1-14-5-3-4-6-16(14)13-28-17-9-7-15(8-10-17)12-22-24-21-23-20(26)18(29-21)11-19(25)27-2/h3-12H,13H2,1-2H3,(H,23,24,26)/b18-11+,22-12?. The summed E-state index contributed by atoms with van der Waals surface area (Å²) in [6.45, 7) is 2.56. The van der Waals surface area contributed by atoms with Gasteiger partial charge in [0.2, 0.25) is 0 Å². The van der Waals surface area contributed by atoms with Crippen LogP contribution in [-0.2, 0) is 20.9 Å². The van der Waals surface area contributed by atoms with Crippen LogP contribution in [0.1, 0.15) is 16.7 Å². The molecule has 2 aromatic rings. The molecule has 0 aliphatic carbocycles. The number of nitrogens with zero attached hydrogens (tertiary/aromatic N) is 2. The van der Waals surface area contributed by atoms with Crippen molar-refractivity contribution in [3.8, 4) is 5.75 Å². The molecule has 3 rings (SSSR count). The van der Waals surface area contributed by atoms with Gasteiger partial charge in [0.25, 0.3) is 5.91 Å². The smallest absolute Gasteiger partial charge is 0.331 e. The van der Waals surface area contributed by atoms with Crippen molar-refractivity contribution in [2.24, 2.45) is 10.2 Å². The van der Waals surface area contributed by atoms with Gasteiger partial charge in [-0.2, -0.15) is 5.10 Å². The van der Waals surface area contributed by atoms with Crippen LogP contribution in [0.5, 0.6) is 5.75 Å². The molecule has 1 N–H and O–H groups in total. The minimum absolute atomic E-state index is 0.209.